The molecule has 2 heterocycles. The zero-order valence-electron chi connectivity index (χ0n) is 16.0. The summed E-state index contributed by atoms with van der Waals surface area (Å²) >= 11 is 6.26. The quantitative estimate of drug-likeness (QED) is 0.759. The van der Waals surface area contributed by atoms with Crippen LogP contribution in [0.25, 0.3) is 0 Å². The van der Waals surface area contributed by atoms with E-state index >= 15 is 0 Å². The average Bonchev–Trinajstić information content (AvgIpc) is 2.63. The first kappa shape index (κ1) is 22.9. The number of halogens is 4. The van der Waals surface area contributed by atoms with Gasteiger partial charge in [0.2, 0.25) is 0 Å². The molecule has 1 aliphatic heterocycles. The molecule has 2 aromatic rings. The van der Waals surface area contributed by atoms with E-state index in [-0.39, 0.29) is 0 Å². The van der Waals surface area contributed by atoms with Crippen molar-refractivity contribution in [3.63, 3.8) is 0 Å². The molecule has 0 radical (unpaired) electrons. The Morgan fingerprint density at radius 3 is 2.41 bits per heavy atom. The maximum Gasteiger partial charge on any atom is 0.490 e. The molecule has 29 heavy (non-hydrogen) atoms. The molecular formula is C19H22ClF3N4O2. The summed E-state index contributed by atoms with van der Waals surface area (Å²) < 4.78 is 31.7. The normalized spacial score (nSPS) is 14.0. The number of aromatic nitrogens is 2. The second-order valence-corrected chi connectivity index (χ2v) is 7.16. The van der Waals surface area contributed by atoms with Gasteiger partial charge in [-0.05, 0) is 19.4 Å². The van der Waals surface area contributed by atoms with Crippen molar-refractivity contribution in [1.29, 1.82) is 0 Å². The third-order valence-corrected chi connectivity index (χ3v) is 4.23. The highest BCUT2D eigenvalue weighted by atomic mass is 35.5. The van der Waals surface area contributed by atoms with Crippen LogP contribution in [0, 0.1) is 0 Å². The predicted molar refractivity (Wildman–Crippen MR) is 104 cm³/mol. The summed E-state index contributed by atoms with van der Waals surface area (Å²) in [5, 5.41) is 10.8. The van der Waals surface area contributed by atoms with E-state index in [1.807, 2.05) is 6.07 Å². The van der Waals surface area contributed by atoms with Crippen molar-refractivity contribution in [2.45, 2.75) is 45.6 Å². The second-order valence-electron chi connectivity index (χ2n) is 6.80. The molecule has 1 aliphatic rings. The van der Waals surface area contributed by atoms with Gasteiger partial charge in [-0.3, -0.25) is 4.90 Å². The number of nitrogens with zero attached hydrogens (tertiary/aromatic N) is 3. The highest BCUT2D eigenvalue weighted by molar-refractivity contribution is 6.31. The summed E-state index contributed by atoms with van der Waals surface area (Å²) in [6, 6.07) is 10.8. The smallest absolute Gasteiger partial charge is 0.475 e. The van der Waals surface area contributed by atoms with E-state index in [0.29, 0.717) is 17.0 Å². The van der Waals surface area contributed by atoms with Crippen molar-refractivity contribution in [3.05, 3.63) is 52.4 Å². The van der Waals surface area contributed by atoms with E-state index in [1.165, 1.54) is 5.56 Å². The number of carboxylic acid groups (broad SMARTS) is 1. The molecule has 0 atom stereocenters. The van der Waals surface area contributed by atoms with Crippen molar-refractivity contribution in [2.75, 3.05) is 11.9 Å². The molecule has 0 aliphatic carbocycles. The Morgan fingerprint density at radius 1 is 1.24 bits per heavy atom. The fraction of sp³-hybridized carbons (Fsp3) is 0.421. The molecule has 0 saturated carbocycles. The number of carboxylic acids is 1. The Morgan fingerprint density at radius 2 is 1.86 bits per heavy atom. The molecule has 6 nitrogen and oxygen atoms in total. The zero-order chi connectivity index (χ0) is 21.6. The monoisotopic (exact) mass is 430 g/mol. The van der Waals surface area contributed by atoms with E-state index in [0.717, 1.165) is 37.4 Å². The number of fused-ring (bicyclic) bond motifs is 1. The summed E-state index contributed by atoms with van der Waals surface area (Å²) in [5.41, 5.74) is 3.39. The highest BCUT2D eigenvalue weighted by Crippen LogP contribution is 2.24. The number of carbonyl (C=O) groups is 1. The number of aliphatic carboxylic acids is 1. The second kappa shape index (κ2) is 9.89. The van der Waals surface area contributed by atoms with Crippen molar-refractivity contribution >= 4 is 23.4 Å². The number of hydrogen-bond donors (Lipinski definition) is 2. The first-order valence-corrected chi connectivity index (χ1v) is 9.32. The summed E-state index contributed by atoms with van der Waals surface area (Å²) in [6.07, 6.45) is -4.17. The van der Waals surface area contributed by atoms with Crippen LogP contribution in [0.2, 0.25) is 5.15 Å². The lowest BCUT2D eigenvalue weighted by Crippen LogP contribution is -2.31. The number of hydrogen-bond acceptors (Lipinski definition) is 5. The lowest BCUT2D eigenvalue weighted by atomic mass is 10.1. The summed E-state index contributed by atoms with van der Waals surface area (Å²) in [5.74, 6) is -2.06. The molecule has 0 fully saturated rings. The summed E-state index contributed by atoms with van der Waals surface area (Å²) in [7, 11) is 0. The van der Waals surface area contributed by atoms with Gasteiger partial charge >= 0.3 is 12.1 Å². The van der Waals surface area contributed by atoms with Gasteiger partial charge in [0.25, 0.3) is 0 Å². The predicted octanol–water partition coefficient (Wildman–Crippen LogP) is 4.14. The SMILES string of the molecule is CC(C)Nc1nc2c(nc1Cl)CN(Cc1ccccc1)CC2.O=C(O)C(F)(F)F. The van der Waals surface area contributed by atoms with Crippen molar-refractivity contribution in [1.82, 2.24) is 14.9 Å². The van der Waals surface area contributed by atoms with Crippen LogP contribution in [0.4, 0.5) is 19.0 Å². The van der Waals surface area contributed by atoms with Crippen LogP contribution in [0.3, 0.4) is 0 Å². The standard InChI is InChI=1S/C17H21ClN4.C2HF3O2/c1-12(2)19-17-16(18)20-15-11-22(9-8-14(15)21-17)10-13-6-4-3-5-7-13;3-2(4,5)1(6)7/h3-7,12H,8-11H2,1-2H3,(H,19,21);(H,6,7). The van der Waals surface area contributed by atoms with Gasteiger partial charge in [-0.2, -0.15) is 13.2 Å². The number of nitrogens with one attached hydrogen (secondary N) is 1. The molecule has 158 valence electrons. The van der Waals surface area contributed by atoms with Crippen LogP contribution in [-0.2, 0) is 24.3 Å². The Bertz CT molecular complexity index is 832. The zero-order valence-corrected chi connectivity index (χ0v) is 16.8. The Balaban J connectivity index is 0.000000370. The maximum absolute atomic E-state index is 10.6. The van der Waals surface area contributed by atoms with Gasteiger partial charge < -0.3 is 10.4 Å². The average molecular weight is 431 g/mol. The van der Waals surface area contributed by atoms with Gasteiger partial charge in [-0.1, -0.05) is 41.9 Å². The fourth-order valence-electron chi connectivity index (χ4n) is 2.71. The first-order valence-electron chi connectivity index (χ1n) is 8.94. The van der Waals surface area contributed by atoms with E-state index in [9.17, 15) is 13.2 Å². The molecule has 10 heteroatoms. The third-order valence-electron chi connectivity index (χ3n) is 3.96. The summed E-state index contributed by atoms with van der Waals surface area (Å²) in [6.45, 7) is 6.88. The minimum atomic E-state index is -5.08. The van der Waals surface area contributed by atoms with Crippen LogP contribution in [0.5, 0.6) is 0 Å². The molecular weight excluding hydrogens is 409 g/mol. The molecule has 0 amide bonds. The van der Waals surface area contributed by atoms with Crippen molar-refractivity contribution in [2.24, 2.45) is 0 Å². The largest absolute Gasteiger partial charge is 0.490 e. The van der Waals surface area contributed by atoms with Crippen LogP contribution < -0.4 is 5.32 Å². The Kier molecular flexibility index (Phi) is 7.80. The molecule has 1 aromatic heterocycles. The molecule has 0 unspecified atom stereocenters. The maximum atomic E-state index is 10.6. The molecule has 1 aromatic carbocycles. The van der Waals surface area contributed by atoms with Crippen LogP contribution in [0.1, 0.15) is 30.8 Å². The van der Waals surface area contributed by atoms with Gasteiger partial charge in [-0.25, -0.2) is 14.8 Å². The van der Waals surface area contributed by atoms with Gasteiger partial charge in [0.05, 0.1) is 11.4 Å². The lowest BCUT2D eigenvalue weighted by Gasteiger charge is -2.28. The van der Waals surface area contributed by atoms with Crippen LogP contribution in [0.15, 0.2) is 30.3 Å². The van der Waals surface area contributed by atoms with E-state index in [1.54, 1.807) is 0 Å². The number of alkyl halides is 3. The number of benzene rings is 1. The van der Waals surface area contributed by atoms with E-state index in [4.69, 9.17) is 21.5 Å². The van der Waals surface area contributed by atoms with Gasteiger partial charge in [0.1, 0.15) is 0 Å². The molecule has 0 bridgehead atoms. The minimum absolute atomic E-state index is 0.294. The molecule has 2 N–H and O–H groups in total. The Hall–Kier alpha value is -2.39. The van der Waals surface area contributed by atoms with Gasteiger partial charge in [-0.15, -0.1) is 0 Å². The van der Waals surface area contributed by atoms with E-state index in [2.05, 4.69) is 58.3 Å². The van der Waals surface area contributed by atoms with Crippen LogP contribution >= 0.6 is 11.6 Å². The summed E-state index contributed by atoms with van der Waals surface area (Å²) in [4.78, 5) is 20.5. The van der Waals surface area contributed by atoms with Gasteiger partial charge in [0, 0.05) is 32.1 Å². The Labute approximate surface area is 171 Å². The van der Waals surface area contributed by atoms with Crippen molar-refractivity contribution in [3.8, 4) is 0 Å². The topological polar surface area (TPSA) is 78.4 Å². The molecule has 0 saturated heterocycles. The minimum Gasteiger partial charge on any atom is -0.475 e. The number of rotatable bonds is 4. The highest BCUT2D eigenvalue weighted by Gasteiger charge is 2.38. The van der Waals surface area contributed by atoms with Gasteiger partial charge in [0.15, 0.2) is 11.0 Å². The number of anilines is 1. The van der Waals surface area contributed by atoms with E-state index < -0.39 is 12.1 Å². The third kappa shape index (κ3) is 7.17. The van der Waals surface area contributed by atoms with Crippen LogP contribution in [-0.4, -0.2) is 44.7 Å². The van der Waals surface area contributed by atoms with Crippen molar-refractivity contribution < 1.29 is 23.1 Å². The molecule has 3 rings (SSSR count). The lowest BCUT2D eigenvalue weighted by molar-refractivity contribution is -0.192. The fourth-order valence-corrected chi connectivity index (χ4v) is 2.90. The first-order chi connectivity index (χ1) is 13.6. The molecule has 0 spiro atoms.